The number of nitrogens with zero attached hydrogens (tertiary/aromatic N) is 2. The summed E-state index contributed by atoms with van der Waals surface area (Å²) in [6, 6.07) is 9.03. The van der Waals surface area contributed by atoms with Gasteiger partial charge in [-0.1, -0.05) is 0 Å². The maximum absolute atomic E-state index is 12.8. The van der Waals surface area contributed by atoms with Crippen molar-refractivity contribution in [3.05, 3.63) is 69.3 Å². The fourth-order valence-corrected chi connectivity index (χ4v) is 3.05. The Morgan fingerprint density at radius 3 is 2.77 bits per heavy atom. The number of thioether (sulfide) groups is 1. The Hall–Kier alpha value is -2.94. The van der Waals surface area contributed by atoms with Crippen molar-refractivity contribution in [2.24, 2.45) is 0 Å². The first-order valence-electron chi connectivity index (χ1n) is 7.77. The lowest BCUT2D eigenvalue weighted by molar-refractivity contribution is -0.118. The highest BCUT2D eigenvalue weighted by molar-refractivity contribution is 8.00. The van der Waals surface area contributed by atoms with Crippen molar-refractivity contribution < 1.29 is 9.18 Å². The molecule has 0 fully saturated rings. The van der Waals surface area contributed by atoms with Crippen LogP contribution in [0.3, 0.4) is 0 Å². The van der Waals surface area contributed by atoms with Crippen LogP contribution in [0.5, 0.6) is 0 Å². The molecule has 9 heteroatoms. The number of pyridine rings is 1. The molecule has 3 rings (SSSR count). The van der Waals surface area contributed by atoms with Crippen LogP contribution in [0.1, 0.15) is 0 Å². The van der Waals surface area contributed by atoms with Crippen LogP contribution >= 0.6 is 11.8 Å². The molecule has 2 heterocycles. The molecule has 7 nitrogen and oxygen atoms in total. The Balaban J connectivity index is 1.57. The summed E-state index contributed by atoms with van der Waals surface area (Å²) in [6.07, 6.45) is 1.49. The summed E-state index contributed by atoms with van der Waals surface area (Å²) < 4.78 is 13.9. The van der Waals surface area contributed by atoms with Crippen LogP contribution in [0.2, 0.25) is 0 Å². The Bertz CT molecular complexity index is 1050. The van der Waals surface area contributed by atoms with Crippen molar-refractivity contribution >= 4 is 28.7 Å². The number of benzene rings is 1. The van der Waals surface area contributed by atoms with Crippen molar-refractivity contribution in [2.45, 2.75) is 11.4 Å². The number of H-pyrrole nitrogens is 1. The van der Waals surface area contributed by atoms with E-state index in [1.54, 1.807) is 24.3 Å². The average molecular weight is 374 g/mol. The van der Waals surface area contributed by atoms with E-state index >= 15 is 0 Å². The molecule has 2 N–H and O–H groups in total. The monoisotopic (exact) mass is 374 g/mol. The highest BCUT2D eigenvalue weighted by Gasteiger charge is 2.08. The first-order chi connectivity index (χ1) is 12.5. The Morgan fingerprint density at radius 2 is 2.00 bits per heavy atom. The summed E-state index contributed by atoms with van der Waals surface area (Å²) >= 11 is 1.27. The predicted molar refractivity (Wildman–Crippen MR) is 96.8 cm³/mol. The van der Waals surface area contributed by atoms with Gasteiger partial charge in [-0.2, -0.15) is 0 Å². The zero-order valence-corrected chi connectivity index (χ0v) is 14.4. The number of nitrogens with one attached hydrogen (secondary N) is 2. The first kappa shape index (κ1) is 17.9. The third-order valence-corrected chi connectivity index (χ3v) is 4.61. The molecular formula is C17H15FN4O3S. The number of hydrogen-bond acceptors (Lipinski definition) is 5. The number of carbonyl (C=O) groups excluding carboxylic acids is 1. The second-order valence-corrected chi connectivity index (χ2v) is 6.43. The highest BCUT2D eigenvalue weighted by atomic mass is 32.2. The summed E-state index contributed by atoms with van der Waals surface area (Å²) in [5.74, 6) is -0.426. The van der Waals surface area contributed by atoms with Gasteiger partial charge in [-0.15, -0.1) is 11.8 Å². The summed E-state index contributed by atoms with van der Waals surface area (Å²) in [6.45, 7) is 0.184. The normalized spacial score (nSPS) is 10.8. The third-order valence-electron chi connectivity index (χ3n) is 3.59. The molecule has 0 radical (unpaired) electrons. The number of amides is 1. The minimum absolute atomic E-state index is 0.0476. The quantitative estimate of drug-likeness (QED) is 0.631. The molecular weight excluding hydrogens is 359 g/mol. The molecule has 0 aliphatic carbocycles. The topological polar surface area (TPSA) is 96.8 Å². The molecule has 26 heavy (non-hydrogen) atoms. The predicted octanol–water partition coefficient (Wildman–Crippen LogP) is 1.13. The molecule has 0 aliphatic rings. The number of aromatic nitrogens is 3. The number of carbonyl (C=O) groups is 1. The number of halogens is 1. The summed E-state index contributed by atoms with van der Waals surface area (Å²) in [5, 5.41) is 2.96. The van der Waals surface area contributed by atoms with E-state index in [1.807, 2.05) is 0 Å². The van der Waals surface area contributed by atoms with Gasteiger partial charge < -0.3 is 5.32 Å². The van der Waals surface area contributed by atoms with E-state index in [0.29, 0.717) is 5.39 Å². The lowest BCUT2D eigenvalue weighted by atomic mass is 10.3. The van der Waals surface area contributed by atoms with Crippen LogP contribution in [-0.2, 0) is 11.3 Å². The number of aromatic amines is 1. The van der Waals surface area contributed by atoms with Crippen molar-refractivity contribution in [1.82, 2.24) is 19.9 Å². The van der Waals surface area contributed by atoms with Gasteiger partial charge in [0, 0.05) is 24.2 Å². The molecule has 0 unspecified atom stereocenters. The zero-order valence-electron chi connectivity index (χ0n) is 13.6. The maximum atomic E-state index is 12.8. The van der Waals surface area contributed by atoms with Gasteiger partial charge in [-0.05, 0) is 36.4 Å². The van der Waals surface area contributed by atoms with E-state index in [4.69, 9.17) is 0 Å². The zero-order chi connectivity index (χ0) is 18.5. The molecule has 1 aromatic carbocycles. The van der Waals surface area contributed by atoms with Crippen molar-refractivity contribution in [2.75, 3.05) is 12.3 Å². The Morgan fingerprint density at radius 1 is 1.23 bits per heavy atom. The summed E-state index contributed by atoms with van der Waals surface area (Å²) in [7, 11) is 0. The smallest absolute Gasteiger partial charge is 0.330 e. The summed E-state index contributed by atoms with van der Waals surface area (Å²) in [4.78, 5) is 43.4. The fraction of sp³-hybridized carbons (Fsp3) is 0.176. The van der Waals surface area contributed by atoms with Gasteiger partial charge in [-0.3, -0.25) is 19.1 Å². The van der Waals surface area contributed by atoms with Crippen molar-refractivity contribution in [1.29, 1.82) is 0 Å². The second kappa shape index (κ2) is 7.96. The van der Waals surface area contributed by atoms with Crippen molar-refractivity contribution in [3.63, 3.8) is 0 Å². The van der Waals surface area contributed by atoms with E-state index in [9.17, 15) is 18.8 Å². The molecule has 0 saturated heterocycles. The van der Waals surface area contributed by atoms with Crippen LogP contribution in [-0.4, -0.2) is 32.7 Å². The molecule has 134 valence electrons. The third kappa shape index (κ3) is 4.17. The Kier molecular flexibility index (Phi) is 5.47. The number of rotatable bonds is 6. The largest absolute Gasteiger partial charge is 0.354 e. The minimum atomic E-state index is -0.573. The van der Waals surface area contributed by atoms with Gasteiger partial charge in [0.25, 0.3) is 5.56 Å². The molecule has 0 atom stereocenters. The lowest BCUT2D eigenvalue weighted by Gasteiger charge is -2.08. The lowest BCUT2D eigenvalue weighted by Crippen LogP contribution is -2.39. The van der Waals surface area contributed by atoms with Crippen molar-refractivity contribution in [3.8, 4) is 0 Å². The second-order valence-electron chi connectivity index (χ2n) is 5.38. The first-order valence-corrected chi connectivity index (χ1v) is 8.76. The fourth-order valence-electron chi connectivity index (χ4n) is 2.32. The van der Waals surface area contributed by atoms with E-state index in [2.05, 4.69) is 15.3 Å². The van der Waals surface area contributed by atoms with Crippen LogP contribution in [0.25, 0.3) is 11.0 Å². The Labute approximate surface area is 151 Å². The molecule has 2 aromatic heterocycles. The molecule has 0 aliphatic heterocycles. The van der Waals surface area contributed by atoms with E-state index < -0.39 is 11.2 Å². The molecule has 3 aromatic rings. The number of fused-ring (bicyclic) bond motifs is 1. The van der Waals surface area contributed by atoms with Gasteiger partial charge in [0.05, 0.1) is 11.1 Å². The standard InChI is InChI=1S/C17H15FN4O3S/c18-11-3-5-12(6-4-11)26-10-14(23)19-8-9-22-16(24)13-2-1-7-20-15(13)21-17(22)25/h1-7H,8-10H2,(H,19,23)(H,20,21,25). The van der Waals surface area contributed by atoms with Gasteiger partial charge in [0.15, 0.2) is 0 Å². The van der Waals surface area contributed by atoms with Gasteiger partial charge in [0.2, 0.25) is 5.91 Å². The number of hydrogen-bond donors (Lipinski definition) is 2. The van der Waals surface area contributed by atoms with Gasteiger partial charge in [0.1, 0.15) is 11.5 Å². The van der Waals surface area contributed by atoms with E-state index in [0.717, 1.165) is 9.46 Å². The SMILES string of the molecule is O=C(CSc1ccc(F)cc1)NCCn1c(=O)[nH]c2ncccc2c1=O. The van der Waals surface area contributed by atoms with Gasteiger partial charge in [-0.25, -0.2) is 14.2 Å². The molecule has 1 amide bonds. The van der Waals surface area contributed by atoms with Crippen LogP contribution in [0.4, 0.5) is 4.39 Å². The maximum Gasteiger partial charge on any atom is 0.330 e. The van der Waals surface area contributed by atoms with Crippen LogP contribution < -0.4 is 16.6 Å². The van der Waals surface area contributed by atoms with Crippen LogP contribution in [0.15, 0.2) is 57.1 Å². The minimum Gasteiger partial charge on any atom is -0.354 e. The highest BCUT2D eigenvalue weighted by Crippen LogP contribution is 2.17. The van der Waals surface area contributed by atoms with E-state index in [-0.39, 0.29) is 36.2 Å². The van der Waals surface area contributed by atoms with Crippen LogP contribution in [0, 0.1) is 5.82 Å². The average Bonchev–Trinajstić information content (AvgIpc) is 2.64. The molecule has 0 bridgehead atoms. The summed E-state index contributed by atoms with van der Waals surface area (Å²) in [5.41, 5.74) is -0.790. The molecule has 0 saturated carbocycles. The molecule has 0 spiro atoms. The van der Waals surface area contributed by atoms with Gasteiger partial charge >= 0.3 is 5.69 Å². The van der Waals surface area contributed by atoms with E-state index in [1.165, 1.54) is 30.1 Å².